The van der Waals surface area contributed by atoms with Crippen molar-refractivity contribution in [1.82, 2.24) is 20.2 Å². The summed E-state index contributed by atoms with van der Waals surface area (Å²) in [6.07, 6.45) is 0. The Balaban J connectivity index is 1.81. The fourth-order valence-electron chi connectivity index (χ4n) is 3.06. The lowest BCUT2D eigenvalue weighted by molar-refractivity contribution is -0.142. The van der Waals surface area contributed by atoms with Crippen LogP contribution in [0.1, 0.15) is 0 Å². The molecule has 1 heterocycles. The van der Waals surface area contributed by atoms with Gasteiger partial charge in [-0.25, -0.2) is 9.18 Å². The maximum Gasteiger partial charge on any atom is 0.343 e. The molecule has 0 unspecified atom stereocenters. The van der Waals surface area contributed by atoms with Crippen LogP contribution in [0.4, 0.5) is 4.39 Å². The number of carbonyl (C=O) groups is 1. The summed E-state index contributed by atoms with van der Waals surface area (Å²) >= 11 is 0. The van der Waals surface area contributed by atoms with Crippen molar-refractivity contribution in [3.8, 4) is 34.0 Å². The smallest absolute Gasteiger partial charge is 0.343 e. The molecule has 150 valence electrons. The van der Waals surface area contributed by atoms with E-state index in [2.05, 4.69) is 20.3 Å². The Bertz CT molecular complexity index is 1190. The summed E-state index contributed by atoms with van der Waals surface area (Å²) in [4.78, 5) is 11.5. The molecule has 7 nitrogen and oxygen atoms in total. The summed E-state index contributed by atoms with van der Waals surface area (Å²) in [7, 11) is 1.30. The zero-order valence-electron chi connectivity index (χ0n) is 16.0. The van der Waals surface area contributed by atoms with E-state index in [1.54, 1.807) is 24.3 Å². The van der Waals surface area contributed by atoms with Crippen molar-refractivity contribution in [2.45, 2.75) is 0 Å². The van der Waals surface area contributed by atoms with Crippen molar-refractivity contribution >= 4 is 5.97 Å². The first-order valence-electron chi connectivity index (χ1n) is 9.10. The van der Waals surface area contributed by atoms with Gasteiger partial charge in [0.15, 0.2) is 12.4 Å². The molecule has 3 aromatic carbocycles. The largest absolute Gasteiger partial charge is 0.481 e. The van der Waals surface area contributed by atoms with Gasteiger partial charge in [-0.1, -0.05) is 54.6 Å². The van der Waals surface area contributed by atoms with Crippen LogP contribution >= 0.6 is 0 Å². The van der Waals surface area contributed by atoms with E-state index < -0.39 is 11.8 Å². The highest BCUT2D eigenvalue weighted by Crippen LogP contribution is 2.37. The topological polar surface area (TPSA) is 79.1 Å². The van der Waals surface area contributed by atoms with E-state index in [0.717, 1.165) is 11.1 Å². The van der Waals surface area contributed by atoms with Crippen LogP contribution in [0.15, 0.2) is 72.8 Å². The summed E-state index contributed by atoms with van der Waals surface area (Å²) < 4.78 is 26.0. The van der Waals surface area contributed by atoms with Crippen molar-refractivity contribution in [2.24, 2.45) is 0 Å². The van der Waals surface area contributed by atoms with E-state index in [9.17, 15) is 9.18 Å². The Labute approximate surface area is 171 Å². The minimum Gasteiger partial charge on any atom is -0.481 e. The first-order valence-corrected chi connectivity index (χ1v) is 9.10. The van der Waals surface area contributed by atoms with Gasteiger partial charge in [0.05, 0.1) is 7.11 Å². The van der Waals surface area contributed by atoms with Gasteiger partial charge in [0.1, 0.15) is 17.3 Å². The second-order valence-electron chi connectivity index (χ2n) is 6.27. The van der Waals surface area contributed by atoms with Crippen molar-refractivity contribution in [1.29, 1.82) is 0 Å². The van der Waals surface area contributed by atoms with Crippen molar-refractivity contribution < 1.29 is 18.7 Å². The molecule has 1 aromatic heterocycles. The lowest BCUT2D eigenvalue weighted by atomic mass is 9.98. The summed E-state index contributed by atoms with van der Waals surface area (Å²) in [6, 6.07) is 21.0. The number of esters is 1. The highest BCUT2D eigenvalue weighted by Gasteiger charge is 2.19. The minimum absolute atomic E-state index is 0.220. The molecule has 0 N–H and O–H groups in total. The van der Waals surface area contributed by atoms with Crippen LogP contribution in [0.3, 0.4) is 0 Å². The van der Waals surface area contributed by atoms with Crippen molar-refractivity contribution in [3.05, 3.63) is 78.6 Å². The molecule has 0 spiro atoms. The first-order chi connectivity index (χ1) is 14.7. The number of carbonyl (C=O) groups excluding carboxylic acids is 1. The molecule has 4 aromatic rings. The number of ether oxygens (including phenoxy) is 2. The maximum atomic E-state index is 14.4. The summed E-state index contributed by atoms with van der Waals surface area (Å²) in [5, 5.41) is 11.8. The third kappa shape index (κ3) is 3.75. The Morgan fingerprint density at radius 2 is 1.60 bits per heavy atom. The van der Waals surface area contributed by atoms with E-state index in [1.165, 1.54) is 17.9 Å². The van der Waals surface area contributed by atoms with Gasteiger partial charge in [0, 0.05) is 11.1 Å². The number of methoxy groups -OCH3 is 1. The number of hydrogen-bond donors (Lipinski definition) is 0. The Morgan fingerprint density at radius 1 is 0.933 bits per heavy atom. The molecule has 0 saturated carbocycles. The quantitative estimate of drug-likeness (QED) is 0.456. The fourth-order valence-corrected chi connectivity index (χ4v) is 3.06. The van der Waals surface area contributed by atoms with Gasteiger partial charge in [-0.2, -0.15) is 4.68 Å². The van der Waals surface area contributed by atoms with Gasteiger partial charge in [-0.15, -0.1) is 5.10 Å². The molecule has 30 heavy (non-hydrogen) atoms. The summed E-state index contributed by atoms with van der Waals surface area (Å²) in [5.41, 5.74) is 2.42. The number of halogens is 1. The van der Waals surface area contributed by atoms with Crippen molar-refractivity contribution in [2.75, 3.05) is 13.7 Å². The highest BCUT2D eigenvalue weighted by molar-refractivity contribution is 5.84. The van der Waals surface area contributed by atoms with Crippen LogP contribution in [0.2, 0.25) is 0 Å². The van der Waals surface area contributed by atoms with Gasteiger partial charge in [-0.05, 0) is 34.2 Å². The number of nitrogens with zero attached hydrogens (tertiary/aromatic N) is 4. The van der Waals surface area contributed by atoms with Gasteiger partial charge >= 0.3 is 5.97 Å². The predicted molar refractivity (Wildman–Crippen MR) is 107 cm³/mol. The van der Waals surface area contributed by atoms with Gasteiger partial charge in [-0.3, -0.25) is 0 Å². The molecule has 0 radical (unpaired) electrons. The summed E-state index contributed by atoms with van der Waals surface area (Å²) in [5.74, 6) is -0.0503. The third-order valence-corrected chi connectivity index (χ3v) is 4.47. The number of tetrazole rings is 1. The number of rotatable bonds is 6. The van der Waals surface area contributed by atoms with E-state index in [-0.39, 0.29) is 12.3 Å². The molecule has 0 bridgehead atoms. The second kappa shape index (κ2) is 8.52. The van der Waals surface area contributed by atoms with Crippen LogP contribution in [0.5, 0.6) is 5.75 Å². The van der Waals surface area contributed by atoms with Crippen LogP contribution in [0.25, 0.3) is 28.2 Å². The zero-order valence-corrected chi connectivity index (χ0v) is 16.0. The lowest BCUT2D eigenvalue weighted by Gasteiger charge is -2.14. The number of hydrogen-bond acceptors (Lipinski definition) is 6. The second-order valence-corrected chi connectivity index (χ2v) is 6.27. The van der Waals surface area contributed by atoms with E-state index >= 15 is 0 Å². The van der Waals surface area contributed by atoms with Gasteiger partial charge in [0.2, 0.25) is 0 Å². The Hall–Kier alpha value is -4.07. The molecule has 0 amide bonds. The molecule has 0 aliphatic carbocycles. The molecular weight excluding hydrogens is 387 g/mol. The van der Waals surface area contributed by atoms with Crippen LogP contribution < -0.4 is 4.74 Å². The minimum atomic E-state index is -0.485. The third-order valence-electron chi connectivity index (χ3n) is 4.47. The van der Waals surface area contributed by atoms with Crippen molar-refractivity contribution in [3.63, 3.8) is 0 Å². The first kappa shape index (κ1) is 19.3. The molecule has 8 heteroatoms. The van der Waals surface area contributed by atoms with Crippen LogP contribution in [-0.2, 0) is 9.53 Å². The number of aromatic nitrogens is 4. The van der Waals surface area contributed by atoms with Gasteiger partial charge in [0.25, 0.3) is 0 Å². The zero-order chi connectivity index (χ0) is 20.9. The average molecular weight is 404 g/mol. The molecule has 0 aliphatic heterocycles. The molecule has 0 fully saturated rings. The SMILES string of the molecule is COC(=O)COc1ccccc1-c1ccccc1-c1nnnn1-c1ccccc1F. The van der Waals surface area contributed by atoms with Gasteiger partial charge < -0.3 is 9.47 Å². The van der Waals surface area contributed by atoms with Crippen LogP contribution in [-0.4, -0.2) is 39.9 Å². The molecule has 0 aliphatic rings. The Kier molecular flexibility index (Phi) is 5.47. The highest BCUT2D eigenvalue weighted by atomic mass is 19.1. The maximum absolute atomic E-state index is 14.4. The molecule has 0 saturated heterocycles. The summed E-state index contributed by atoms with van der Waals surface area (Å²) in [6.45, 7) is -0.220. The average Bonchev–Trinajstić information content (AvgIpc) is 3.27. The predicted octanol–water partition coefficient (Wildman–Crippen LogP) is 3.69. The van der Waals surface area contributed by atoms with E-state index in [1.807, 2.05) is 42.5 Å². The molecule has 0 atom stereocenters. The molecular formula is C22H17FN4O3. The Morgan fingerprint density at radius 3 is 2.37 bits per heavy atom. The van der Waals surface area contributed by atoms with Crippen LogP contribution in [0, 0.1) is 5.82 Å². The normalized spacial score (nSPS) is 10.6. The number of benzene rings is 3. The monoisotopic (exact) mass is 404 g/mol. The number of para-hydroxylation sites is 2. The molecule has 4 rings (SSSR count). The lowest BCUT2D eigenvalue weighted by Crippen LogP contribution is -2.13. The van der Waals surface area contributed by atoms with E-state index in [0.29, 0.717) is 17.1 Å². The fraction of sp³-hybridized carbons (Fsp3) is 0.0909. The van der Waals surface area contributed by atoms with E-state index in [4.69, 9.17) is 4.74 Å². The standard InChI is InChI=1S/C22H17FN4O3/c1-29-21(28)14-30-20-13-7-4-9-16(20)15-8-2-3-10-17(15)22-24-25-26-27(22)19-12-6-5-11-18(19)23/h2-13H,14H2,1H3.